The standard InChI is InChI=1S/C15H30O2Si/c1-5-10-15(4)11-8-9-14-18(15,16-12-6-2)17-13-7-3/h5H,1,6-14H2,2-4H3. The predicted molar refractivity (Wildman–Crippen MR) is 80.1 cm³/mol. The lowest BCUT2D eigenvalue weighted by Crippen LogP contribution is -2.54. The van der Waals surface area contributed by atoms with Crippen LogP contribution in [0.3, 0.4) is 0 Å². The maximum Gasteiger partial charge on any atom is 0.344 e. The van der Waals surface area contributed by atoms with Gasteiger partial charge in [-0.05, 0) is 31.7 Å². The molecule has 1 saturated heterocycles. The van der Waals surface area contributed by atoms with Crippen LogP contribution in [0.25, 0.3) is 0 Å². The van der Waals surface area contributed by atoms with Gasteiger partial charge in [0.05, 0.1) is 0 Å². The van der Waals surface area contributed by atoms with Gasteiger partial charge in [-0.25, -0.2) is 0 Å². The summed E-state index contributed by atoms with van der Waals surface area (Å²) in [4.78, 5) is 0. The Kier molecular flexibility index (Phi) is 6.61. The summed E-state index contributed by atoms with van der Waals surface area (Å²) in [5, 5.41) is 0.220. The molecular weight excluding hydrogens is 240 g/mol. The normalized spacial score (nSPS) is 27.1. The maximum absolute atomic E-state index is 6.36. The summed E-state index contributed by atoms with van der Waals surface area (Å²) in [6.45, 7) is 12.4. The molecule has 0 spiro atoms. The molecule has 0 bridgehead atoms. The second kappa shape index (κ2) is 7.46. The van der Waals surface area contributed by atoms with E-state index in [1.54, 1.807) is 0 Å². The van der Waals surface area contributed by atoms with Crippen molar-refractivity contribution in [2.75, 3.05) is 13.2 Å². The summed E-state index contributed by atoms with van der Waals surface area (Å²) in [5.74, 6) is 0. The molecule has 3 heteroatoms. The van der Waals surface area contributed by atoms with Crippen LogP contribution in [0.2, 0.25) is 11.1 Å². The van der Waals surface area contributed by atoms with Crippen molar-refractivity contribution in [3.05, 3.63) is 12.7 Å². The zero-order valence-electron chi connectivity index (χ0n) is 12.5. The summed E-state index contributed by atoms with van der Waals surface area (Å²) in [6.07, 6.45) is 9.06. The molecule has 0 radical (unpaired) electrons. The molecule has 2 nitrogen and oxygen atoms in total. The Morgan fingerprint density at radius 3 is 2.28 bits per heavy atom. The Hall–Kier alpha value is -0.123. The molecule has 0 aliphatic carbocycles. The Bertz CT molecular complexity index is 247. The molecule has 0 aromatic rings. The highest BCUT2D eigenvalue weighted by Crippen LogP contribution is 2.53. The minimum absolute atomic E-state index is 0.220. The van der Waals surface area contributed by atoms with Crippen molar-refractivity contribution >= 4 is 8.56 Å². The van der Waals surface area contributed by atoms with Crippen molar-refractivity contribution in [3.63, 3.8) is 0 Å². The fraction of sp³-hybridized carbons (Fsp3) is 0.867. The van der Waals surface area contributed by atoms with Gasteiger partial charge in [-0.1, -0.05) is 39.7 Å². The summed E-state index contributed by atoms with van der Waals surface area (Å²) in [7, 11) is -2.07. The van der Waals surface area contributed by atoms with Crippen LogP contribution in [0.4, 0.5) is 0 Å². The van der Waals surface area contributed by atoms with E-state index in [-0.39, 0.29) is 5.04 Å². The first-order chi connectivity index (χ1) is 8.64. The van der Waals surface area contributed by atoms with Gasteiger partial charge in [-0.2, -0.15) is 0 Å². The zero-order valence-corrected chi connectivity index (χ0v) is 13.5. The van der Waals surface area contributed by atoms with Crippen molar-refractivity contribution in [1.29, 1.82) is 0 Å². The SMILES string of the molecule is C=CCC1(C)CCCC[Si]1(OCCC)OCCC. The molecule has 1 aliphatic rings. The highest BCUT2D eigenvalue weighted by molar-refractivity contribution is 6.71. The molecule has 0 saturated carbocycles. The van der Waals surface area contributed by atoms with Crippen LogP contribution in [-0.4, -0.2) is 21.8 Å². The first kappa shape index (κ1) is 15.9. The quantitative estimate of drug-likeness (QED) is 0.466. The third-order valence-corrected chi connectivity index (χ3v) is 8.72. The highest BCUT2D eigenvalue weighted by Gasteiger charge is 2.55. The summed E-state index contributed by atoms with van der Waals surface area (Å²) < 4.78 is 12.7. The van der Waals surface area contributed by atoms with E-state index in [4.69, 9.17) is 8.85 Å². The Balaban J connectivity index is 2.88. The molecule has 1 atom stereocenters. The number of hydrogen-bond acceptors (Lipinski definition) is 2. The lowest BCUT2D eigenvalue weighted by molar-refractivity contribution is 0.129. The Labute approximate surface area is 114 Å². The van der Waals surface area contributed by atoms with Gasteiger partial charge in [0, 0.05) is 18.3 Å². The molecule has 0 aromatic heterocycles. The molecule has 1 heterocycles. The second-order valence-electron chi connectivity index (χ2n) is 5.71. The molecule has 1 unspecified atom stereocenters. The first-order valence-corrected chi connectivity index (χ1v) is 9.55. The van der Waals surface area contributed by atoms with Crippen LogP contribution in [0.1, 0.15) is 59.3 Å². The second-order valence-corrected chi connectivity index (χ2v) is 9.50. The minimum atomic E-state index is -2.07. The van der Waals surface area contributed by atoms with Crippen molar-refractivity contribution in [3.8, 4) is 0 Å². The molecule has 0 N–H and O–H groups in total. The third-order valence-electron chi connectivity index (χ3n) is 4.08. The zero-order chi connectivity index (χ0) is 13.5. The van der Waals surface area contributed by atoms with Crippen LogP contribution in [0, 0.1) is 0 Å². The minimum Gasteiger partial charge on any atom is -0.394 e. The monoisotopic (exact) mass is 270 g/mol. The Morgan fingerprint density at radius 2 is 1.78 bits per heavy atom. The van der Waals surface area contributed by atoms with E-state index in [1.165, 1.54) is 19.3 Å². The van der Waals surface area contributed by atoms with E-state index in [9.17, 15) is 0 Å². The molecule has 1 rings (SSSR count). The van der Waals surface area contributed by atoms with Crippen molar-refractivity contribution in [2.24, 2.45) is 0 Å². The Morgan fingerprint density at radius 1 is 1.17 bits per heavy atom. The van der Waals surface area contributed by atoms with E-state index < -0.39 is 8.56 Å². The number of hydrogen-bond donors (Lipinski definition) is 0. The van der Waals surface area contributed by atoms with E-state index >= 15 is 0 Å². The molecule has 106 valence electrons. The van der Waals surface area contributed by atoms with E-state index in [0.717, 1.165) is 38.5 Å². The predicted octanol–water partition coefficient (Wildman–Crippen LogP) is 4.80. The van der Waals surface area contributed by atoms with Crippen molar-refractivity contribution < 1.29 is 8.85 Å². The summed E-state index contributed by atoms with van der Waals surface area (Å²) in [6, 6.07) is 1.16. The molecule has 1 fully saturated rings. The summed E-state index contributed by atoms with van der Waals surface area (Å²) in [5.41, 5.74) is 0. The smallest absolute Gasteiger partial charge is 0.344 e. The molecule has 0 aromatic carbocycles. The van der Waals surface area contributed by atoms with Gasteiger partial charge in [-0.3, -0.25) is 0 Å². The average Bonchev–Trinajstić information content (AvgIpc) is 2.37. The highest BCUT2D eigenvalue weighted by atomic mass is 28.4. The fourth-order valence-corrected chi connectivity index (χ4v) is 7.48. The van der Waals surface area contributed by atoms with E-state index in [2.05, 4.69) is 33.4 Å². The van der Waals surface area contributed by atoms with Crippen LogP contribution < -0.4 is 0 Å². The molecular formula is C15H30O2Si. The van der Waals surface area contributed by atoms with Crippen LogP contribution >= 0.6 is 0 Å². The third kappa shape index (κ3) is 3.46. The van der Waals surface area contributed by atoms with Gasteiger partial charge in [0.15, 0.2) is 0 Å². The maximum atomic E-state index is 6.36. The van der Waals surface area contributed by atoms with Crippen molar-refractivity contribution in [1.82, 2.24) is 0 Å². The van der Waals surface area contributed by atoms with Crippen LogP contribution in [0.15, 0.2) is 12.7 Å². The summed E-state index contributed by atoms with van der Waals surface area (Å²) >= 11 is 0. The average molecular weight is 270 g/mol. The van der Waals surface area contributed by atoms with Gasteiger partial charge >= 0.3 is 8.56 Å². The van der Waals surface area contributed by atoms with Gasteiger partial charge in [0.2, 0.25) is 0 Å². The van der Waals surface area contributed by atoms with E-state index in [0.29, 0.717) is 0 Å². The molecule has 1 aliphatic heterocycles. The lowest BCUT2D eigenvalue weighted by atomic mass is 9.98. The topological polar surface area (TPSA) is 18.5 Å². The number of rotatable bonds is 8. The lowest BCUT2D eigenvalue weighted by Gasteiger charge is -2.48. The van der Waals surface area contributed by atoms with E-state index in [1.807, 2.05) is 0 Å². The number of allylic oxidation sites excluding steroid dienone is 1. The van der Waals surface area contributed by atoms with Gasteiger partial charge in [-0.15, -0.1) is 6.58 Å². The fourth-order valence-electron chi connectivity index (χ4n) is 3.01. The van der Waals surface area contributed by atoms with Crippen LogP contribution in [0.5, 0.6) is 0 Å². The largest absolute Gasteiger partial charge is 0.394 e. The van der Waals surface area contributed by atoms with Gasteiger partial charge in [0.1, 0.15) is 0 Å². The van der Waals surface area contributed by atoms with Gasteiger partial charge in [0.25, 0.3) is 0 Å². The molecule has 0 amide bonds. The van der Waals surface area contributed by atoms with Crippen molar-refractivity contribution in [2.45, 2.75) is 70.4 Å². The molecule has 18 heavy (non-hydrogen) atoms. The van der Waals surface area contributed by atoms with Crippen LogP contribution in [-0.2, 0) is 8.85 Å². The first-order valence-electron chi connectivity index (χ1n) is 7.53. The van der Waals surface area contributed by atoms with Gasteiger partial charge < -0.3 is 8.85 Å².